The van der Waals surface area contributed by atoms with Crippen LogP contribution in [0.3, 0.4) is 0 Å². The van der Waals surface area contributed by atoms with Gasteiger partial charge < -0.3 is 10.1 Å². The molecule has 0 amide bonds. The summed E-state index contributed by atoms with van der Waals surface area (Å²) in [5, 5.41) is 3.48. The molecule has 0 atom stereocenters. The highest BCUT2D eigenvalue weighted by Gasteiger charge is 2.14. The first-order valence-corrected chi connectivity index (χ1v) is 7.76. The Labute approximate surface area is 106 Å². The Morgan fingerprint density at radius 2 is 1.75 bits per heavy atom. The summed E-state index contributed by atoms with van der Waals surface area (Å²) in [5.74, 6) is 1.31. The summed E-state index contributed by atoms with van der Waals surface area (Å²) in [5.41, 5.74) is 0.0192. The number of hydrogen-bond acceptors (Lipinski definition) is 3. The van der Waals surface area contributed by atoms with Crippen LogP contribution in [-0.2, 0) is 4.74 Å². The van der Waals surface area contributed by atoms with Crippen LogP contribution in [-0.4, -0.2) is 37.8 Å². The van der Waals surface area contributed by atoms with E-state index in [1.165, 1.54) is 31.4 Å². The van der Waals surface area contributed by atoms with Gasteiger partial charge in [0.15, 0.2) is 0 Å². The zero-order valence-electron chi connectivity index (χ0n) is 11.5. The van der Waals surface area contributed by atoms with E-state index in [9.17, 15) is 0 Å². The minimum Gasteiger partial charge on any atom is -0.379 e. The summed E-state index contributed by atoms with van der Waals surface area (Å²) < 4.78 is 5.37. The van der Waals surface area contributed by atoms with Gasteiger partial charge >= 0.3 is 0 Å². The average Bonchev–Trinajstić information content (AvgIpc) is 2.27. The molecule has 16 heavy (non-hydrogen) atoms. The summed E-state index contributed by atoms with van der Waals surface area (Å²) in [6.45, 7) is 6.49. The van der Waals surface area contributed by atoms with Gasteiger partial charge in [0.05, 0.1) is 5.60 Å². The lowest BCUT2D eigenvalue weighted by Crippen LogP contribution is -2.29. The van der Waals surface area contributed by atoms with E-state index in [0.29, 0.717) is 0 Å². The molecule has 1 N–H and O–H groups in total. The highest BCUT2D eigenvalue weighted by molar-refractivity contribution is 7.98. The van der Waals surface area contributed by atoms with Crippen molar-refractivity contribution in [2.24, 2.45) is 0 Å². The number of ether oxygens (including phenoxy) is 1. The smallest absolute Gasteiger partial charge is 0.0634 e. The quantitative estimate of drug-likeness (QED) is 0.566. The zero-order valence-corrected chi connectivity index (χ0v) is 12.3. The second-order valence-corrected chi connectivity index (χ2v) is 5.86. The molecule has 3 heteroatoms. The molecule has 0 aliphatic carbocycles. The van der Waals surface area contributed by atoms with Gasteiger partial charge in [-0.2, -0.15) is 11.8 Å². The summed E-state index contributed by atoms with van der Waals surface area (Å²) in [6, 6.07) is 0. The van der Waals surface area contributed by atoms with E-state index in [0.717, 1.165) is 19.5 Å². The molecule has 0 heterocycles. The van der Waals surface area contributed by atoms with E-state index in [2.05, 4.69) is 25.4 Å². The van der Waals surface area contributed by atoms with E-state index >= 15 is 0 Å². The average molecular weight is 247 g/mol. The minimum absolute atomic E-state index is 0.0192. The maximum atomic E-state index is 5.37. The van der Waals surface area contributed by atoms with Gasteiger partial charge in [-0.25, -0.2) is 0 Å². The monoisotopic (exact) mass is 247 g/mol. The first-order valence-electron chi connectivity index (χ1n) is 6.37. The van der Waals surface area contributed by atoms with E-state index < -0.39 is 0 Å². The maximum absolute atomic E-state index is 5.37. The van der Waals surface area contributed by atoms with E-state index in [1.807, 2.05) is 11.8 Å². The molecule has 0 aliphatic heterocycles. The van der Waals surface area contributed by atoms with Gasteiger partial charge in [-0.05, 0) is 58.2 Å². The molecule has 0 rings (SSSR count). The third-order valence-electron chi connectivity index (χ3n) is 2.91. The summed E-state index contributed by atoms with van der Waals surface area (Å²) >= 11 is 1.95. The Balaban J connectivity index is 3.10. The van der Waals surface area contributed by atoms with Crippen LogP contribution in [0.5, 0.6) is 0 Å². The summed E-state index contributed by atoms with van der Waals surface area (Å²) in [6.07, 6.45) is 8.68. The molecule has 0 radical (unpaired) electrons. The zero-order chi connectivity index (χ0) is 12.3. The van der Waals surface area contributed by atoms with Crippen molar-refractivity contribution >= 4 is 11.8 Å². The van der Waals surface area contributed by atoms with Crippen molar-refractivity contribution in [3.8, 4) is 0 Å². The molecule has 0 aromatic rings. The number of thioether (sulfide) groups is 1. The predicted molar refractivity (Wildman–Crippen MR) is 75.4 cm³/mol. The van der Waals surface area contributed by atoms with Gasteiger partial charge in [0.25, 0.3) is 0 Å². The highest BCUT2D eigenvalue weighted by Crippen LogP contribution is 2.11. The van der Waals surface area contributed by atoms with Crippen molar-refractivity contribution in [2.45, 2.75) is 51.6 Å². The third-order valence-corrected chi connectivity index (χ3v) is 3.61. The van der Waals surface area contributed by atoms with Crippen LogP contribution < -0.4 is 5.32 Å². The Kier molecular flexibility index (Phi) is 10.6. The van der Waals surface area contributed by atoms with Gasteiger partial charge in [-0.1, -0.05) is 12.8 Å². The second kappa shape index (κ2) is 10.4. The summed E-state index contributed by atoms with van der Waals surface area (Å²) in [7, 11) is 1.78. The van der Waals surface area contributed by atoms with Crippen LogP contribution in [0.25, 0.3) is 0 Å². The van der Waals surface area contributed by atoms with Gasteiger partial charge in [0, 0.05) is 7.11 Å². The molecule has 2 nitrogen and oxygen atoms in total. The van der Waals surface area contributed by atoms with Crippen molar-refractivity contribution in [1.29, 1.82) is 0 Å². The van der Waals surface area contributed by atoms with Crippen molar-refractivity contribution in [1.82, 2.24) is 5.32 Å². The van der Waals surface area contributed by atoms with Crippen LogP contribution in [0.15, 0.2) is 0 Å². The van der Waals surface area contributed by atoms with Crippen LogP contribution in [0, 0.1) is 0 Å². The topological polar surface area (TPSA) is 21.3 Å². The number of hydrogen-bond donors (Lipinski definition) is 1. The normalized spacial score (nSPS) is 12.0. The fourth-order valence-electron chi connectivity index (χ4n) is 1.47. The van der Waals surface area contributed by atoms with Crippen LogP contribution in [0.2, 0.25) is 0 Å². The fraction of sp³-hybridized carbons (Fsp3) is 1.00. The minimum atomic E-state index is 0.0192. The molecule has 0 spiro atoms. The maximum Gasteiger partial charge on any atom is 0.0634 e. The number of rotatable bonds is 11. The van der Waals surface area contributed by atoms with E-state index in [4.69, 9.17) is 4.74 Å². The number of unbranched alkanes of at least 4 members (excludes halogenated alkanes) is 3. The van der Waals surface area contributed by atoms with Gasteiger partial charge in [0.1, 0.15) is 0 Å². The standard InChI is InChI=1S/C13H29NOS/c1-13(2,15-3)9-11-14-10-7-5-6-8-12-16-4/h14H,5-12H2,1-4H3. The van der Waals surface area contributed by atoms with Crippen molar-refractivity contribution in [3.63, 3.8) is 0 Å². The molecule has 0 aromatic carbocycles. The molecular weight excluding hydrogens is 218 g/mol. The molecule has 0 aliphatic rings. The Hall–Kier alpha value is 0.270. The molecular formula is C13H29NOS. The molecule has 0 saturated heterocycles. The SMILES string of the molecule is COC(C)(C)CCNCCCCCCSC. The third kappa shape index (κ3) is 10.8. The molecule has 98 valence electrons. The Morgan fingerprint density at radius 1 is 1.06 bits per heavy atom. The van der Waals surface area contributed by atoms with Crippen LogP contribution in [0.1, 0.15) is 46.0 Å². The first-order chi connectivity index (χ1) is 7.62. The second-order valence-electron chi connectivity index (χ2n) is 4.87. The molecule has 0 fully saturated rings. The lowest BCUT2D eigenvalue weighted by molar-refractivity contribution is 0.0159. The molecule has 0 bridgehead atoms. The number of methoxy groups -OCH3 is 1. The Morgan fingerprint density at radius 3 is 2.38 bits per heavy atom. The van der Waals surface area contributed by atoms with E-state index in [1.54, 1.807) is 7.11 Å². The molecule has 0 saturated carbocycles. The highest BCUT2D eigenvalue weighted by atomic mass is 32.2. The van der Waals surface area contributed by atoms with Crippen LogP contribution in [0.4, 0.5) is 0 Å². The molecule has 0 aromatic heterocycles. The molecule has 0 unspecified atom stereocenters. The number of nitrogens with one attached hydrogen (secondary N) is 1. The van der Waals surface area contributed by atoms with Gasteiger partial charge in [0.2, 0.25) is 0 Å². The van der Waals surface area contributed by atoms with Crippen molar-refractivity contribution < 1.29 is 4.74 Å². The lowest BCUT2D eigenvalue weighted by Gasteiger charge is -2.22. The van der Waals surface area contributed by atoms with Crippen LogP contribution >= 0.6 is 11.8 Å². The summed E-state index contributed by atoms with van der Waals surface area (Å²) in [4.78, 5) is 0. The lowest BCUT2D eigenvalue weighted by atomic mass is 10.1. The van der Waals surface area contributed by atoms with Gasteiger partial charge in [-0.15, -0.1) is 0 Å². The van der Waals surface area contributed by atoms with Gasteiger partial charge in [-0.3, -0.25) is 0 Å². The fourth-order valence-corrected chi connectivity index (χ4v) is 1.96. The largest absolute Gasteiger partial charge is 0.379 e. The van der Waals surface area contributed by atoms with Crippen molar-refractivity contribution in [3.05, 3.63) is 0 Å². The van der Waals surface area contributed by atoms with Crippen molar-refractivity contribution in [2.75, 3.05) is 32.2 Å². The Bertz CT molecular complexity index is 151. The predicted octanol–water partition coefficient (Wildman–Crippen LogP) is 3.31. The van der Waals surface area contributed by atoms with E-state index in [-0.39, 0.29) is 5.60 Å². The first kappa shape index (κ1) is 16.3.